The second-order valence-corrected chi connectivity index (χ2v) is 15.5. The Balaban J connectivity index is 2.15. The number of aryl methyl sites for hydroxylation is 2. The summed E-state index contributed by atoms with van der Waals surface area (Å²) in [6, 6.07) is 0. The summed E-state index contributed by atoms with van der Waals surface area (Å²) in [6.45, 7) is 9.40. The van der Waals surface area contributed by atoms with Gasteiger partial charge < -0.3 is 0 Å². The van der Waals surface area contributed by atoms with E-state index in [1.807, 2.05) is 0 Å². The third kappa shape index (κ3) is 28.7. The minimum absolute atomic E-state index is 1.23. The van der Waals surface area contributed by atoms with Crippen LogP contribution in [-0.2, 0) is 19.5 Å². The third-order valence-corrected chi connectivity index (χ3v) is 10.8. The van der Waals surface area contributed by atoms with Crippen LogP contribution in [0.3, 0.4) is 0 Å². The number of aromatic nitrogens is 2. The van der Waals surface area contributed by atoms with Crippen LogP contribution in [0.15, 0.2) is 12.4 Å². The zero-order valence-corrected chi connectivity index (χ0v) is 33.1. The average Bonchev–Trinajstić information content (AvgIpc) is 3.47. The molecule has 0 atom stereocenters. The Morgan fingerprint density at radius 2 is 0.660 bits per heavy atom. The molecule has 0 spiro atoms. The fourth-order valence-corrected chi connectivity index (χ4v) is 7.56. The van der Waals surface area contributed by atoms with Crippen LogP contribution < -0.4 is 4.57 Å². The van der Waals surface area contributed by atoms with Crippen LogP contribution in [0.2, 0.25) is 0 Å². The lowest BCUT2D eigenvalue weighted by Crippen LogP contribution is -2.37. The van der Waals surface area contributed by atoms with E-state index in [1.165, 1.54) is 251 Å². The van der Waals surface area contributed by atoms with Crippen molar-refractivity contribution < 1.29 is 4.57 Å². The third-order valence-electron chi connectivity index (χ3n) is 10.8. The first-order valence-corrected chi connectivity index (χ1v) is 22.4. The molecule has 0 amide bonds. The first kappa shape index (κ1) is 44.2. The summed E-state index contributed by atoms with van der Waals surface area (Å²) in [5.41, 5.74) is 0. The molecule has 1 heterocycles. The van der Waals surface area contributed by atoms with Gasteiger partial charge in [-0.3, -0.25) is 0 Å². The quantitative estimate of drug-likeness (QED) is 0.0492. The van der Waals surface area contributed by atoms with Crippen LogP contribution in [0.4, 0.5) is 0 Å². The maximum atomic E-state index is 2.64. The molecule has 47 heavy (non-hydrogen) atoms. The van der Waals surface area contributed by atoms with E-state index >= 15 is 0 Å². The van der Waals surface area contributed by atoms with Gasteiger partial charge in [0.05, 0.1) is 13.1 Å². The largest absolute Gasteiger partial charge is 0.256 e. The highest BCUT2D eigenvalue weighted by atomic mass is 15.1. The first-order valence-electron chi connectivity index (χ1n) is 22.4. The van der Waals surface area contributed by atoms with Gasteiger partial charge in [-0.2, -0.15) is 0 Å². The van der Waals surface area contributed by atoms with E-state index in [4.69, 9.17) is 0 Å². The molecule has 2 heteroatoms. The monoisotopic (exact) mass is 658 g/mol. The predicted octanol–water partition coefficient (Wildman–Crippen LogP) is 15.4. The fraction of sp³-hybridized carbons (Fsp3) is 0.933. The summed E-state index contributed by atoms with van der Waals surface area (Å²) >= 11 is 0. The van der Waals surface area contributed by atoms with Crippen molar-refractivity contribution in [3.8, 4) is 0 Å². The lowest BCUT2D eigenvalue weighted by molar-refractivity contribution is -0.704. The zero-order chi connectivity index (χ0) is 33.7. The zero-order valence-electron chi connectivity index (χ0n) is 33.1. The highest BCUT2D eigenvalue weighted by Crippen LogP contribution is 2.16. The molecule has 0 radical (unpaired) electrons. The number of nitrogens with zero attached hydrogens (tertiary/aromatic N) is 2. The van der Waals surface area contributed by atoms with Crippen LogP contribution >= 0.6 is 0 Å². The number of hydrogen-bond donors (Lipinski definition) is 0. The molecular formula is C45H89N2+. The topological polar surface area (TPSA) is 8.81 Å². The second kappa shape index (κ2) is 36.5. The molecule has 0 aromatic carbocycles. The van der Waals surface area contributed by atoms with Crippen LogP contribution in [0.25, 0.3) is 0 Å². The molecule has 1 rings (SSSR count). The Morgan fingerprint density at radius 3 is 1.02 bits per heavy atom. The lowest BCUT2D eigenvalue weighted by atomic mass is 10.0. The summed E-state index contributed by atoms with van der Waals surface area (Å²) in [7, 11) is 0. The van der Waals surface area contributed by atoms with Gasteiger partial charge in [-0.1, -0.05) is 220 Å². The van der Waals surface area contributed by atoms with E-state index in [-0.39, 0.29) is 0 Å². The summed E-state index contributed by atoms with van der Waals surface area (Å²) in [4.78, 5) is 0. The van der Waals surface area contributed by atoms with Gasteiger partial charge in [0.2, 0.25) is 0 Å². The van der Waals surface area contributed by atoms with Gasteiger partial charge in [-0.25, -0.2) is 9.13 Å². The van der Waals surface area contributed by atoms with E-state index in [9.17, 15) is 0 Å². The van der Waals surface area contributed by atoms with E-state index < -0.39 is 0 Å². The van der Waals surface area contributed by atoms with Crippen molar-refractivity contribution in [2.24, 2.45) is 0 Å². The maximum absolute atomic E-state index is 2.64. The van der Waals surface area contributed by atoms with E-state index in [0.717, 1.165) is 0 Å². The highest BCUT2D eigenvalue weighted by molar-refractivity contribution is 4.84. The predicted molar refractivity (Wildman–Crippen MR) is 212 cm³/mol. The molecule has 0 saturated heterocycles. The molecule has 0 saturated carbocycles. The Bertz CT molecular complexity index is 722. The normalized spacial score (nSPS) is 11.6. The van der Waals surface area contributed by atoms with Gasteiger partial charge in [0.15, 0.2) is 0 Å². The second-order valence-electron chi connectivity index (χ2n) is 15.5. The smallest absolute Gasteiger partial charge is 0.234 e. The van der Waals surface area contributed by atoms with Crippen LogP contribution in [0.1, 0.15) is 258 Å². The number of imidazole rings is 1. The Labute approximate surface area is 298 Å². The molecule has 1 aromatic rings. The van der Waals surface area contributed by atoms with Crippen molar-refractivity contribution in [3.05, 3.63) is 18.2 Å². The van der Waals surface area contributed by atoms with Gasteiger partial charge in [0.25, 0.3) is 5.82 Å². The Morgan fingerprint density at radius 1 is 0.362 bits per heavy atom. The number of hydrogen-bond acceptors (Lipinski definition) is 0. The average molecular weight is 658 g/mol. The Hall–Kier alpha value is -0.790. The highest BCUT2D eigenvalue weighted by Gasteiger charge is 2.16. The van der Waals surface area contributed by atoms with Crippen molar-refractivity contribution in [3.63, 3.8) is 0 Å². The molecule has 0 aliphatic carbocycles. The van der Waals surface area contributed by atoms with Gasteiger partial charge in [-0.05, 0) is 32.1 Å². The van der Waals surface area contributed by atoms with E-state index in [0.29, 0.717) is 0 Å². The number of rotatable bonds is 39. The van der Waals surface area contributed by atoms with Gasteiger partial charge in [-0.15, -0.1) is 0 Å². The standard InChI is InChI=1S/C45H89N2/c1-4-7-10-13-15-17-19-21-23-24-25-26-28-30-32-34-37-40-45-46(41-38-35-12-9-6-3)43-44-47(45)42-39-36-33-31-29-27-22-20-18-16-14-11-8-5-2/h43-44H,4-42H2,1-3H3/q+1. The molecule has 0 aliphatic rings. The van der Waals surface area contributed by atoms with Crippen LogP contribution in [0, 0.1) is 0 Å². The van der Waals surface area contributed by atoms with Crippen molar-refractivity contribution in [2.45, 2.75) is 271 Å². The van der Waals surface area contributed by atoms with Crippen molar-refractivity contribution >= 4 is 0 Å². The van der Waals surface area contributed by atoms with E-state index in [2.05, 4.69) is 42.3 Å². The summed E-state index contributed by atoms with van der Waals surface area (Å²) in [5.74, 6) is 1.62. The minimum Gasteiger partial charge on any atom is -0.234 e. The van der Waals surface area contributed by atoms with Crippen LogP contribution in [-0.4, -0.2) is 4.57 Å². The molecule has 0 bridgehead atoms. The summed E-state index contributed by atoms with van der Waals surface area (Å²) in [6.07, 6.45) is 57.9. The van der Waals surface area contributed by atoms with Crippen molar-refractivity contribution in [2.75, 3.05) is 0 Å². The molecule has 278 valence electrons. The molecule has 2 nitrogen and oxygen atoms in total. The van der Waals surface area contributed by atoms with Gasteiger partial charge in [0, 0.05) is 6.42 Å². The van der Waals surface area contributed by atoms with Crippen molar-refractivity contribution in [1.82, 2.24) is 4.57 Å². The van der Waals surface area contributed by atoms with Crippen molar-refractivity contribution in [1.29, 1.82) is 0 Å². The summed E-state index contributed by atoms with van der Waals surface area (Å²) < 4.78 is 5.27. The molecule has 0 N–H and O–H groups in total. The van der Waals surface area contributed by atoms with Crippen LogP contribution in [0.5, 0.6) is 0 Å². The van der Waals surface area contributed by atoms with Gasteiger partial charge >= 0.3 is 0 Å². The minimum atomic E-state index is 1.23. The van der Waals surface area contributed by atoms with E-state index in [1.54, 1.807) is 5.82 Å². The SMILES string of the molecule is CCCCCCCCCCCCCCCCCCCc1n(CCCCCCCCCCCCCCCC)cc[n+]1CCCCCCC. The Kier molecular flexibility index (Phi) is 34.3. The fourth-order valence-electron chi connectivity index (χ4n) is 7.56. The molecular weight excluding hydrogens is 569 g/mol. The maximum Gasteiger partial charge on any atom is 0.256 e. The number of unbranched alkanes of at least 4 members (excludes halogenated alkanes) is 33. The summed E-state index contributed by atoms with van der Waals surface area (Å²) in [5, 5.41) is 0. The molecule has 0 aliphatic heterocycles. The molecule has 0 unspecified atom stereocenters. The molecule has 0 fully saturated rings. The van der Waals surface area contributed by atoms with Gasteiger partial charge in [0.1, 0.15) is 12.4 Å². The lowest BCUT2D eigenvalue weighted by Gasteiger charge is -2.07. The molecule has 1 aromatic heterocycles. The first-order chi connectivity index (χ1) is 23.3.